The van der Waals surface area contributed by atoms with Gasteiger partial charge in [-0.1, -0.05) is 24.3 Å². The number of hydrogen-bond donors (Lipinski definition) is 1. The van der Waals surface area contributed by atoms with Crippen LogP contribution in [0.5, 0.6) is 0 Å². The van der Waals surface area contributed by atoms with Gasteiger partial charge in [0.25, 0.3) is 0 Å². The van der Waals surface area contributed by atoms with E-state index in [0.717, 1.165) is 5.56 Å². The van der Waals surface area contributed by atoms with E-state index in [1.807, 2.05) is 0 Å². The van der Waals surface area contributed by atoms with E-state index in [1.54, 1.807) is 36.4 Å². The zero-order valence-corrected chi connectivity index (χ0v) is 10.0. The lowest BCUT2D eigenvalue weighted by Gasteiger charge is -2.01. The van der Waals surface area contributed by atoms with Crippen LogP contribution in [0, 0.1) is 5.82 Å². The van der Waals surface area contributed by atoms with Crippen LogP contribution in [0.25, 0.3) is 0 Å². The van der Waals surface area contributed by atoms with Crippen LogP contribution in [0.2, 0.25) is 0 Å². The van der Waals surface area contributed by atoms with Gasteiger partial charge in [0.2, 0.25) is 0 Å². The Morgan fingerprint density at radius 3 is 2.47 bits per heavy atom. The van der Waals surface area contributed by atoms with Crippen molar-refractivity contribution in [3.05, 3.63) is 65.5 Å². The minimum absolute atomic E-state index is 0.132. The number of para-hydroxylation sites is 1. The van der Waals surface area contributed by atoms with Crippen molar-refractivity contribution in [2.45, 2.75) is 12.2 Å². The second kappa shape index (κ2) is 4.48. The summed E-state index contributed by atoms with van der Waals surface area (Å²) in [7, 11) is 0. The minimum atomic E-state index is -0.518. The fourth-order valence-electron chi connectivity index (χ4n) is 2.09. The minimum Gasteiger partial charge on any atom is -0.398 e. The first-order valence-electron chi connectivity index (χ1n) is 5.96. The third-order valence-electron chi connectivity index (χ3n) is 3.17. The van der Waals surface area contributed by atoms with E-state index in [0.29, 0.717) is 11.3 Å². The van der Waals surface area contributed by atoms with E-state index in [2.05, 4.69) is 0 Å². The second-order valence-corrected chi connectivity index (χ2v) is 4.48. The van der Waals surface area contributed by atoms with E-state index in [1.165, 1.54) is 12.1 Å². The Morgan fingerprint density at radius 1 is 1.11 bits per heavy atom. The zero-order valence-electron chi connectivity index (χ0n) is 10.0. The number of nitrogens with two attached hydrogens (primary N) is 1. The number of carbonyl (C=O) groups excluding carboxylic acids is 1. The molecule has 96 valence electrons. The van der Waals surface area contributed by atoms with Crippen LogP contribution in [0.1, 0.15) is 22.0 Å². The van der Waals surface area contributed by atoms with Gasteiger partial charge in [-0.25, -0.2) is 4.39 Å². The van der Waals surface area contributed by atoms with Gasteiger partial charge in [0.05, 0.1) is 0 Å². The first kappa shape index (κ1) is 11.9. The number of hydrogen-bond acceptors (Lipinski definition) is 3. The van der Waals surface area contributed by atoms with Gasteiger partial charge in [0.1, 0.15) is 11.9 Å². The van der Waals surface area contributed by atoms with Crippen molar-refractivity contribution in [3.63, 3.8) is 0 Å². The number of rotatable bonds is 3. The molecule has 0 bridgehead atoms. The van der Waals surface area contributed by atoms with Gasteiger partial charge in [-0.2, -0.15) is 0 Å². The number of anilines is 1. The van der Waals surface area contributed by atoms with Gasteiger partial charge in [0, 0.05) is 11.3 Å². The number of halogens is 1. The molecule has 1 aliphatic heterocycles. The molecule has 0 aromatic heterocycles. The summed E-state index contributed by atoms with van der Waals surface area (Å²) < 4.78 is 18.2. The van der Waals surface area contributed by atoms with Crippen LogP contribution >= 0.6 is 0 Å². The molecule has 0 radical (unpaired) electrons. The Kier molecular flexibility index (Phi) is 2.80. The molecule has 1 saturated heterocycles. The molecule has 2 unspecified atom stereocenters. The molecule has 0 amide bonds. The van der Waals surface area contributed by atoms with Gasteiger partial charge < -0.3 is 10.5 Å². The number of ether oxygens (including phenoxy) is 1. The number of carbonyl (C=O) groups is 1. The monoisotopic (exact) mass is 257 g/mol. The lowest BCUT2D eigenvalue weighted by Crippen LogP contribution is -2.10. The Hall–Kier alpha value is -2.20. The standard InChI is InChI=1S/C15H12FNO2/c16-10-7-5-9(6-8-10)14-15(19-14)13(18)11-3-1-2-4-12(11)17/h1-8,14-15H,17H2. The zero-order chi connectivity index (χ0) is 13.4. The highest BCUT2D eigenvalue weighted by atomic mass is 19.1. The molecule has 0 spiro atoms. The molecular formula is C15H12FNO2. The number of ketones is 1. The number of nitrogen functional groups attached to an aromatic ring is 1. The average molecular weight is 257 g/mol. The molecule has 4 heteroatoms. The van der Waals surface area contributed by atoms with Crippen LogP contribution in [-0.2, 0) is 4.74 Å². The van der Waals surface area contributed by atoms with Gasteiger partial charge in [-0.3, -0.25) is 4.79 Å². The van der Waals surface area contributed by atoms with Gasteiger partial charge >= 0.3 is 0 Å². The number of Topliss-reactive ketones (excluding diaryl/α,β-unsaturated/α-hetero) is 1. The predicted octanol–water partition coefficient (Wildman–Crippen LogP) is 2.73. The van der Waals surface area contributed by atoms with Gasteiger partial charge in [-0.05, 0) is 29.8 Å². The Balaban J connectivity index is 1.78. The van der Waals surface area contributed by atoms with Crippen molar-refractivity contribution < 1.29 is 13.9 Å². The summed E-state index contributed by atoms with van der Waals surface area (Å²) in [5.74, 6) is -0.438. The highest BCUT2D eigenvalue weighted by Gasteiger charge is 2.46. The lowest BCUT2D eigenvalue weighted by atomic mass is 10.0. The van der Waals surface area contributed by atoms with Crippen molar-refractivity contribution in [1.82, 2.24) is 0 Å². The average Bonchev–Trinajstić information content (AvgIpc) is 3.20. The quantitative estimate of drug-likeness (QED) is 0.522. The van der Waals surface area contributed by atoms with E-state index >= 15 is 0 Å². The Labute approximate surface area is 109 Å². The molecule has 0 saturated carbocycles. The molecule has 0 aliphatic carbocycles. The maximum absolute atomic E-state index is 12.8. The van der Waals surface area contributed by atoms with E-state index in [9.17, 15) is 9.18 Å². The molecule has 1 fully saturated rings. The molecule has 2 atom stereocenters. The normalized spacial score (nSPS) is 21.1. The summed E-state index contributed by atoms with van der Waals surface area (Å²) in [4.78, 5) is 12.2. The van der Waals surface area contributed by atoms with E-state index in [4.69, 9.17) is 10.5 Å². The number of epoxide rings is 1. The van der Waals surface area contributed by atoms with Crippen molar-refractivity contribution in [2.75, 3.05) is 5.73 Å². The maximum Gasteiger partial charge on any atom is 0.196 e. The highest BCUT2D eigenvalue weighted by molar-refractivity contribution is 6.05. The third kappa shape index (κ3) is 2.22. The smallest absolute Gasteiger partial charge is 0.196 e. The first-order valence-corrected chi connectivity index (χ1v) is 5.96. The van der Waals surface area contributed by atoms with Crippen molar-refractivity contribution in [3.8, 4) is 0 Å². The molecule has 2 aromatic carbocycles. The topological polar surface area (TPSA) is 55.6 Å². The molecular weight excluding hydrogens is 245 g/mol. The molecule has 3 rings (SSSR count). The molecule has 2 N–H and O–H groups in total. The van der Waals surface area contributed by atoms with Crippen LogP contribution in [0.4, 0.5) is 10.1 Å². The third-order valence-corrected chi connectivity index (χ3v) is 3.17. The Bertz CT molecular complexity index is 624. The second-order valence-electron chi connectivity index (χ2n) is 4.48. The summed E-state index contributed by atoms with van der Waals surface area (Å²) in [6.45, 7) is 0. The summed E-state index contributed by atoms with van der Waals surface area (Å²) in [6, 6.07) is 12.9. The molecule has 19 heavy (non-hydrogen) atoms. The summed E-state index contributed by atoms with van der Waals surface area (Å²) in [6.07, 6.45) is -0.817. The van der Waals surface area contributed by atoms with Gasteiger partial charge in [-0.15, -0.1) is 0 Å². The van der Waals surface area contributed by atoms with Crippen LogP contribution in [0.3, 0.4) is 0 Å². The fraction of sp³-hybridized carbons (Fsp3) is 0.133. The molecule has 1 heterocycles. The number of benzene rings is 2. The molecule has 2 aromatic rings. The van der Waals surface area contributed by atoms with E-state index < -0.39 is 6.10 Å². The first-order chi connectivity index (χ1) is 9.16. The summed E-state index contributed by atoms with van der Waals surface area (Å²) in [5, 5.41) is 0. The summed E-state index contributed by atoms with van der Waals surface area (Å²) in [5.41, 5.74) is 7.48. The molecule has 1 aliphatic rings. The highest BCUT2D eigenvalue weighted by Crippen LogP contribution is 2.41. The molecule has 3 nitrogen and oxygen atoms in total. The van der Waals surface area contributed by atoms with Crippen LogP contribution < -0.4 is 5.73 Å². The van der Waals surface area contributed by atoms with Gasteiger partial charge in [0.15, 0.2) is 11.9 Å². The maximum atomic E-state index is 12.8. The SMILES string of the molecule is Nc1ccccc1C(=O)C1OC1c1ccc(F)cc1. The van der Waals surface area contributed by atoms with Crippen molar-refractivity contribution >= 4 is 11.5 Å². The lowest BCUT2D eigenvalue weighted by molar-refractivity contribution is 0.0954. The largest absolute Gasteiger partial charge is 0.398 e. The Morgan fingerprint density at radius 2 is 1.79 bits per heavy atom. The van der Waals surface area contributed by atoms with Crippen molar-refractivity contribution in [2.24, 2.45) is 0 Å². The summed E-state index contributed by atoms with van der Waals surface area (Å²) >= 11 is 0. The fourth-order valence-corrected chi connectivity index (χ4v) is 2.09. The van der Waals surface area contributed by atoms with Crippen LogP contribution in [-0.4, -0.2) is 11.9 Å². The van der Waals surface area contributed by atoms with Crippen LogP contribution in [0.15, 0.2) is 48.5 Å². The van der Waals surface area contributed by atoms with Crippen molar-refractivity contribution in [1.29, 1.82) is 0 Å². The predicted molar refractivity (Wildman–Crippen MR) is 69.2 cm³/mol. The van der Waals surface area contributed by atoms with E-state index in [-0.39, 0.29) is 17.7 Å².